The SMILES string of the molecule is O=[N+]([O-])c1ccc(CC(Br)c2ccc(Cl)cc2)cc1. The van der Waals surface area contributed by atoms with E-state index >= 15 is 0 Å². The number of nitro groups is 1. The molecule has 0 aliphatic carbocycles. The Balaban J connectivity index is 2.08. The zero-order valence-corrected chi connectivity index (χ0v) is 12.3. The van der Waals surface area contributed by atoms with Crippen LogP contribution >= 0.6 is 27.5 Å². The Hall–Kier alpha value is -1.39. The molecule has 0 amide bonds. The van der Waals surface area contributed by atoms with Gasteiger partial charge in [0.15, 0.2) is 0 Å². The summed E-state index contributed by atoms with van der Waals surface area (Å²) in [6.45, 7) is 0. The fourth-order valence-electron chi connectivity index (χ4n) is 1.75. The number of rotatable bonds is 4. The Morgan fingerprint density at radius 2 is 1.68 bits per heavy atom. The highest BCUT2D eigenvalue weighted by atomic mass is 79.9. The Morgan fingerprint density at radius 3 is 2.21 bits per heavy atom. The molecule has 2 rings (SSSR count). The lowest BCUT2D eigenvalue weighted by molar-refractivity contribution is -0.384. The van der Waals surface area contributed by atoms with Crippen LogP contribution in [0.5, 0.6) is 0 Å². The Labute approximate surface area is 124 Å². The van der Waals surface area contributed by atoms with Crippen molar-refractivity contribution in [2.45, 2.75) is 11.2 Å². The third-order valence-electron chi connectivity index (χ3n) is 2.79. The van der Waals surface area contributed by atoms with Crippen molar-refractivity contribution in [2.75, 3.05) is 0 Å². The lowest BCUT2D eigenvalue weighted by Crippen LogP contribution is -1.96. The molecule has 0 saturated carbocycles. The number of alkyl halides is 1. The molecule has 98 valence electrons. The summed E-state index contributed by atoms with van der Waals surface area (Å²) in [6, 6.07) is 14.2. The number of nitrogens with zero attached hydrogens (tertiary/aromatic N) is 1. The number of nitro benzene ring substituents is 1. The van der Waals surface area contributed by atoms with Crippen LogP contribution in [0.2, 0.25) is 5.02 Å². The molecule has 0 bridgehead atoms. The van der Waals surface area contributed by atoms with Crippen LogP contribution in [0.3, 0.4) is 0 Å². The van der Waals surface area contributed by atoms with Crippen molar-refractivity contribution >= 4 is 33.2 Å². The number of non-ortho nitro benzene ring substituents is 1. The van der Waals surface area contributed by atoms with E-state index < -0.39 is 4.92 Å². The largest absolute Gasteiger partial charge is 0.269 e. The van der Waals surface area contributed by atoms with Crippen molar-refractivity contribution in [3.63, 3.8) is 0 Å². The van der Waals surface area contributed by atoms with Gasteiger partial charge < -0.3 is 0 Å². The van der Waals surface area contributed by atoms with E-state index in [0.717, 1.165) is 17.5 Å². The molecule has 3 nitrogen and oxygen atoms in total. The molecule has 19 heavy (non-hydrogen) atoms. The molecule has 0 aliphatic rings. The molecule has 0 N–H and O–H groups in total. The van der Waals surface area contributed by atoms with Gasteiger partial charge in [0.1, 0.15) is 0 Å². The lowest BCUT2D eigenvalue weighted by Gasteiger charge is -2.10. The zero-order valence-electron chi connectivity index (χ0n) is 9.92. The summed E-state index contributed by atoms with van der Waals surface area (Å²) in [5, 5.41) is 11.3. The van der Waals surface area contributed by atoms with Crippen LogP contribution < -0.4 is 0 Å². The van der Waals surface area contributed by atoms with E-state index in [4.69, 9.17) is 11.6 Å². The fourth-order valence-corrected chi connectivity index (χ4v) is 2.56. The number of hydrogen-bond acceptors (Lipinski definition) is 2. The van der Waals surface area contributed by atoms with Crippen molar-refractivity contribution in [3.05, 3.63) is 74.8 Å². The van der Waals surface area contributed by atoms with Gasteiger partial charge in [0.25, 0.3) is 5.69 Å². The summed E-state index contributed by atoms with van der Waals surface area (Å²) >= 11 is 9.46. The minimum Gasteiger partial charge on any atom is -0.258 e. The van der Waals surface area contributed by atoms with E-state index in [2.05, 4.69) is 15.9 Å². The summed E-state index contributed by atoms with van der Waals surface area (Å²) in [7, 11) is 0. The van der Waals surface area contributed by atoms with Crippen molar-refractivity contribution in [2.24, 2.45) is 0 Å². The van der Waals surface area contributed by atoms with Gasteiger partial charge in [-0.25, -0.2) is 0 Å². The van der Waals surface area contributed by atoms with Gasteiger partial charge >= 0.3 is 0 Å². The van der Waals surface area contributed by atoms with Gasteiger partial charge in [-0.1, -0.05) is 51.8 Å². The maximum Gasteiger partial charge on any atom is 0.269 e. The van der Waals surface area contributed by atoms with E-state index in [0.29, 0.717) is 5.02 Å². The van der Waals surface area contributed by atoms with Crippen LogP contribution in [0.4, 0.5) is 5.69 Å². The molecular formula is C14H11BrClNO2. The van der Waals surface area contributed by atoms with Gasteiger partial charge in [-0.2, -0.15) is 0 Å². The number of benzene rings is 2. The summed E-state index contributed by atoms with van der Waals surface area (Å²) in [5.41, 5.74) is 2.28. The van der Waals surface area contributed by atoms with Gasteiger partial charge in [0.05, 0.1) is 4.92 Å². The van der Waals surface area contributed by atoms with Gasteiger partial charge in [0, 0.05) is 22.0 Å². The molecule has 0 heterocycles. The van der Waals surface area contributed by atoms with Crippen LogP contribution in [0.25, 0.3) is 0 Å². The quantitative estimate of drug-likeness (QED) is 0.450. The summed E-state index contributed by atoms with van der Waals surface area (Å²) < 4.78 is 0. The first-order valence-corrected chi connectivity index (χ1v) is 6.98. The first-order chi connectivity index (χ1) is 9.06. The third kappa shape index (κ3) is 3.78. The number of hydrogen-bond donors (Lipinski definition) is 0. The van der Waals surface area contributed by atoms with Crippen LogP contribution in [0, 0.1) is 10.1 Å². The van der Waals surface area contributed by atoms with E-state index in [1.54, 1.807) is 12.1 Å². The maximum atomic E-state index is 10.6. The van der Waals surface area contributed by atoms with Gasteiger partial charge in [0.2, 0.25) is 0 Å². The average molecular weight is 341 g/mol. The van der Waals surface area contributed by atoms with Gasteiger partial charge in [-0.05, 0) is 29.7 Å². The van der Waals surface area contributed by atoms with Crippen molar-refractivity contribution in [1.82, 2.24) is 0 Å². The summed E-state index contributed by atoms with van der Waals surface area (Å²) in [4.78, 5) is 10.3. The van der Waals surface area contributed by atoms with E-state index in [9.17, 15) is 10.1 Å². The first kappa shape index (κ1) is 14.0. The molecule has 1 atom stereocenters. The van der Waals surface area contributed by atoms with E-state index in [-0.39, 0.29) is 10.5 Å². The molecule has 0 saturated heterocycles. The molecule has 0 aromatic heterocycles. The second-order valence-electron chi connectivity index (χ2n) is 4.15. The minimum absolute atomic E-state index is 0.112. The maximum absolute atomic E-state index is 10.6. The Kier molecular flexibility index (Phi) is 4.56. The van der Waals surface area contributed by atoms with Crippen LogP contribution in [-0.2, 0) is 6.42 Å². The normalized spacial score (nSPS) is 12.1. The lowest BCUT2D eigenvalue weighted by atomic mass is 10.0. The molecule has 0 aliphatic heterocycles. The zero-order chi connectivity index (χ0) is 13.8. The van der Waals surface area contributed by atoms with Crippen LogP contribution in [0.1, 0.15) is 16.0 Å². The minimum atomic E-state index is -0.394. The highest BCUT2D eigenvalue weighted by Gasteiger charge is 2.10. The fraction of sp³-hybridized carbons (Fsp3) is 0.143. The van der Waals surface area contributed by atoms with E-state index in [1.807, 2.05) is 24.3 Å². The van der Waals surface area contributed by atoms with Gasteiger partial charge in [-0.3, -0.25) is 10.1 Å². The predicted octanol–water partition coefficient (Wildman–Crippen LogP) is 4.93. The molecule has 2 aromatic rings. The number of halogens is 2. The Morgan fingerprint density at radius 1 is 1.11 bits per heavy atom. The smallest absolute Gasteiger partial charge is 0.258 e. The van der Waals surface area contributed by atoms with E-state index in [1.165, 1.54) is 12.1 Å². The first-order valence-electron chi connectivity index (χ1n) is 5.69. The predicted molar refractivity (Wildman–Crippen MR) is 79.9 cm³/mol. The molecule has 0 spiro atoms. The van der Waals surface area contributed by atoms with Crippen molar-refractivity contribution in [1.29, 1.82) is 0 Å². The second kappa shape index (κ2) is 6.17. The van der Waals surface area contributed by atoms with Gasteiger partial charge in [-0.15, -0.1) is 0 Å². The van der Waals surface area contributed by atoms with Crippen LogP contribution in [0.15, 0.2) is 48.5 Å². The topological polar surface area (TPSA) is 43.1 Å². The average Bonchev–Trinajstić information content (AvgIpc) is 2.40. The summed E-state index contributed by atoms with van der Waals surface area (Å²) in [5.74, 6) is 0. The highest BCUT2D eigenvalue weighted by Crippen LogP contribution is 2.28. The monoisotopic (exact) mass is 339 g/mol. The molecule has 0 radical (unpaired) electrons. The molecule has 5 heteroatoms. The third-order valence-corrected chi connectivity index (χ3v) is 3.90. The highest BCUT2D eigenvalue weighted by molar-refractivity contribution is 9.09. The molecular weight excluding hydrogens is 330 g/mol. The standard InChI is InChI=1S/C14H11BrClNO2/c15-14(11-3-5-12(16)6-4-11)9-10-1-7-13(8-2-10)17(18)19/h1-8,14H,9H2. The molecule has 2 aromatic carbocycles. The Bertz CT molecular complexity index is 569. The summed E-state index contributed by atoms with van der Waals surface area (Å²) in [6.07, 6.45) is 0.764. The second-order valence-corrected chi connectivity index (χ2v) is 5.69. The molecule has 1 unspecified atom stereocenters. The molecule has 0 fully saturated rings. The van der Waals surface area contributed by atoms with Crippen molar-refractivity contribution in [3.8, 4) is 0 Å². The van der Waals surface area contributed by atoms with Crippen molar-refractivity contribution < 1.29 is 4.92 Å². The van der Waals surface area contributed by atoms with Crippen LogP contribution in [-0.4, -0.2) is 4.92 Å².